The number of rotatable bonds is 11. The average Bonchev–Trinajstić information content (AvgIpc) is 3.83. The van der Waals surface area contributed by atoms with Crippen LogP contribution in [-0.2, 0) is 43.4 Å². The van der Waals surface area contributed by atoms with Crippen LogP contribution >= 0.6 is 0 Å². The van der Waals surface area contributed by atoms with Gasteiger partial charge in [0.25, 0.3) is 0 Å². The summed E-state index contributed by atoms with van der Waals surface area (Å²) in [4.78, 5) is 57.2. The number of hydrogen-bond donors (Lipinski definition) is 1. The maximum atomic E-state index is 14.0. The Morgan fingerprint density at radius 1 is 1.00 bits per heavy atom. The van der Waals surface area contributed by atoms with E-state index in [1.807, 2.05) is 53.4 Å². The lowest BCUT2D eigenvalue weighted by Crippen LogP contribution is -2.52. The van der Waals surface area contributed by atoms with Crippen molar-refractivity contribution in [3.8, 4) is 6.07 Å². The molecule has 49 heavy (non-hydrogen) atoms. The van der Waals surface area contributed by atoms with Crippen molar-refractivity contribution in [3.05, 3.63) is 71.4 Å². The summed E-state index contributed by atoms with van der Waals surface area (Å²) in [5, 5.41) is 13.0. The fraction of sp³-hybridized carbons (Fsp3) is 0.500. The van der Waals surface area contributed by atoms with Crippen LogP contribution in [-0.4, -0.2) is 75.1 Å². The van der Waals surface area contributed by atoms with Crippen LogP contribution in [0.5, 0.6) is 0 Å². The standard InChI is InChI=1S/C38H47N5O6/c1-5-41-30(22-28-16-15-27(24-39)21-33(28)41)18-17-29-13-9-19-42(29)35(45)32-14-10-20-43(32)34(44)23-31(40-37(47)49-38(2,3)4)36(46)48-25-26-11-7-6-8-12-26/h6-8,11-12,15-16,21-22,29,31-32H,5,9-10,13-14,17-20,23,25H2,1-4H3,(H,40,47). The molecule has 1 aromatic heterocycles. The van der Waals surface area contributed by atoms with Crippen molar-refractivity contribution in [2.45, 2.75) is 110 Å². The van der Waals surface area contributed by atoms with Gasteiger partial charge >= 0.3 is 12.1 Å². The number of carbonyl (C=O) groups is 4. The van der Waals surface area contributed by atoms with Gasteiger partial charge in [-0.2, -0.15) is 5.26 Å². The quantitative estimate of drug-likeness (QED) is 0.268. The minimum Gasteiger partial charge on any atom is -0.459 e. The number of likely N-dealkylation sites (tertiary alicyclic amines) is 2. The first-order valence-electron chi connectivity index (χ1n) is 17.3. The molecule has 0 spiro atoms. The molecule has 11 heteroatoms. The number of alkyl carbamates (subject to hydrolysis) is 1. The number of ether oxygens (including phenoxy) is 2. The summed E-state index contributed by atoms with van der Waals surface area (Å²) >= 11 is 0. The van der Waals surface area contributed by atoms with Gasteiger partial charge in [-0.15, -0.1) is 0 Å². The number of aromatic nitrogens is 1. The molecule has 2 saturated heterocycles. The molecule has 2 aliphatic heterocycles. The third-order valence-electron chi connectivity index (χ3n) is 9.27. The molecule has 3 amide bonds. The summed E-state index contributed by atoms with van der Waals surface area (Å²) in [6.07, 6.45) is 3.41. The average molecular weight is 670 g/mol. The predicted octanol–water partition coefficient (Wildman–Crippen LogP) is 5.47. The fourth-order valence-electron chi connectivity index (χ4n) is 6.98. The molecular weight excluding hydrogens is 622 g/mol. The van der Waals surface area contributed by atoms with Crippen LogP contribution in [0.4, 0.5) is 4.79 Å². The highest BCUT2D eigenvalue weighted by atomic mass is 16.6. The first-order chi connectivity index (χ1) is 23.5. The van der Waals surface area contributed by atoms with Gasteiger partial charge in [0.15, 0.2) is 0 Å². The van der Waals surface area contributed by atoms with E-state index in [0.717, 1.165) is 48.7 Å². The highest BCUT2D eigenvalue weighted by Gasteiger charge is 2.41. The van der Waals surface area contributed by atoms with Gasteiger partial charge in [-0.05, 0) is 95.4 Å². The molecule has 11 nitrogen and oxygen atoms in total. The number of nitriles is 1. The number of benzene rings is 2. The number of nitrogens with one attached hydrogen (secondary N) is 1. The second-order valence-electron chi connectivity index (χ2n) is 13.9. The summed E-state index contributed by atoms with van der Waals surface area (Å²) in [5.41, 5.74) is 2.81. The van der Waals surface area contributed by atoms with Gasteiger partial charge in [-0.1, -0.05) is 36.4 Å². The fourth-order valence-corrected chi connectivity index (χ4v) is 6.98. The lowest BCUT2D eigenvalue weighted by Gasteiger charge is -2.32. The normalized spacial score (nSPS) is 18.3. The lowest BCUT2D eigenvalue weighted by atomic mass is 10.1. The van der Waals surface area contributed by atoms with E-state index in [9.17, 15) is 24.4 Å². The molecule has 0 aliphatic carbocycles. The Labute approximate surface area is 288 Å². The van der Waals surface area contributed by atoms with Crippen molar-refractivity contribution < 1.29 is 28.7 Å². The molecule has 2 aliphatic rings. The SMILES string of the molecule is CCn1c(CCC2CCCN2C(=O)C2CCCN2C(=O)CC(NC(=O)OC(C)(C)C)C(=O)OCc2ccccc2)cc2ccc(C#N)cc21. The molecule has 0 saturated carbocycles. The van der Waals surface area contributed by atoms with Crippen molar-refractivity contribution >= 4 is 34.8 Å². The second kappa shape index (κ2) is 15.6. The van der Waals surface area contributed by atoms with Crippen molar-refractivity contribution in [1.82, 2.24) is 19.7 Å². The highest BCUT2D eigenvalue weighted by Crippen LogP contribution is 2.29. The molecule has 0 bridgehead atoms. The highest BCUT2D eigenvalue weighted by molar-refractivity contribution is 5.92. The van der Waals surface area contributed by atoms with Crippen LogP contribution in [0.15, 0.2) is 54.6 Å². The van der Waals surface area contributed by atoms with Crippen molar-refractivity contribution in [1.29, 1.82) is 5.26 Å². The molecule has 0 radical (unpaired) electrons. The van der Waals surface area contributed by atoms with Crippen LogP contribution < -0.4 is 5.32 Å². The molecule has 1 N–H and O–H groups in total. The topological polar surface area (TPSA) is 134 Å². The summed E-state index contributed by atoms with van der Waals surface area (Å²) < 4.78 is 13.1. The summed E-state index contributed by atoms with van der Waals surface area (Å²) in [6.45, 7) is 9.02. The molecule has 2 aromatic carbocycles. The van der Waals surface area contributed by atoms with E-state index in [1.54, 1.807) is 25.7 Å². The molecule has 260 valence electrons. The monoisotopic (exact) mass is 669 g/mol. The molecule has 3 unspecified atom stereocenters. The van der Waals surface area contributed by atoms with E-state index in [-0.39, 0.29) is 25.0 Å². The number of nitrogens with zero attached hydrogens (tertiary/aromatic N) is 4. The van der Waals surface area contributed by atoms with Crippen LogP contribution in [0, 0.1) is 11.3 Å². The van der Waals surface area contributed by atoms with Gasteiger partial charge in [-0.25, -0.2) is 9.59 Å². The number of fused-ring (bicyclic) bond motifs is 1. The largest absolute Gasteiger partial charge is 0.459 e. The maximum absolute atomic E-state index is 14.0. The van der Waals surface area contributed by atoms with Crippen LogP contribution in [0.25, 0.3) is 10.9 Å². The number of hydrogen-bond acceptors (Lipinski definition) is 7. The smallest absolute Gasteiger partial charge is 0.408 e. The molecule has 5 rings (SSSR count). The Bertz CT molecular complexity index is 1700. The van der Waals surface area contributed by atoms with Gasteiger partial charge in [0.05, 0.1) is 18.1 Å². The third-order valence-corrected chi connectivity index (χ3v) is 9.27. The van der Waals surface area contributed by atoms with E-state index in [0.29, 0.717) is 31.5 Å². The minimum absolute atomic E-state index is 0.0125. The summed E-state index contributed by atoms with van der Waals surface area (Å²) in [6, 6.07) is 17.4. The third kappa shape index (κ3) is 8.79. The van der Waals surface area contributed by atoms with E-state index in [4.69, 9.17) is 9.47 Å². The van der Waals surface area contributed by atoms with Crippen LogP contribution in [0.3, 0.4) is 0 Å². The van der Waals surface area contributed by atoms with Crippen LogP contribution in [0.1, 0.15) is 83.0 Å². The van der Waals surface area contributed by atoms with E-state index in [1.165, 1.54) is 5.69 Å². The van der Waals surface area contributed by atoms with Gasteiger partial charge in [0, 0.05) is 36.9 Å². The van der Waals surface area contributed by atoms with Crippen LogP contribution in [0.2, 0.25) is 0 Å². The van der Waals surface area contributed by atoms with E-state index >= 15 is 0 Å². The predicted molar refractivity (Wildman–Crippen MR) is 184 cm³/mol. The molecule has 2 fully saturated rings. The van der Waals surface area contributed by atoms with Crippen molar-refractivity contribution in [2.24, 2.45) is 0 Å². The first kappa shape index (κ1) is 35.5. The first-order valence-corrected chi connectivity index (χ1v) is 17.3. The molecule has 3 heterocycles. The Balaban J connectivity index is 1.24. The number of esters is 1. The molecular formula is C38H47N5O6. The van der Waals surface area contributed by atoms with Gasteiger partial charge in [0.2, 0.25) is 11.8 Å². The maximum Gasteiger partial charge on any atom is 0.408 e. The summed E-state index contributed by atoms with van der Waals surface area (Å²) in [7, 11) is 0. The van der Waals surface area contributed by atoms with Gasteiger partial charge in [-0.3, -0.25) is 9.59 Å². The minimum atomic E-state index is -1.28. The van der Waals surface area contributed by atoms with Crippen molar-refractivity contribution in [3.63, 3.8) is 0 Å². The zero-order chi connectivity index (χ0) is 35.1. The number of carbonyl (C=O) groups excluding carboxylic acids is 4. The Kier molecular flexibility index (Phi) is 11.3. The zero-order valence-electron chi connectivity index (χ0n) is 28.9. The zero-order valence-corrected chi connectivity index (χ0v) is 28.9. The van der Waals surface area contributed by atoms with Gasteiger partial charge < -0.3 is 29.2 Å². The second-order valence-corrected chi connectivity index (χ2v) is 13.9. The van der Waals surface area contributed by atoms with E-state index in [2.05, 4.69) is 28.9 Å². The summed E-state index contributed by atoms with van der Waals surface area (Å²) in [5.74, 6) is -1.21. The lowest BCUT2D eigenvalue weighted by molar-refractivity contribution is -0.151. The van der Waals surface area contributed by atoms with Gasteiger partial charge in [0.1, 0.15) is 24.3 Å². The Morgan fingerprint density at radius 2 is 1.73 bits per heavy atom. The van der Waals surface area contributed by atoms with E-state index < -0.39 is 35.7 Å². The Hall–Kier alpha value is -4.85. The molecule has 3 aromatic rings. The number of aryl methyl sites for hydroxylation is 2. The Morgan fingerprint density at radius 3 is 2.45 bits per heavy atom. The molecule has 3 atom stereocenters. The number of amides is 3. The van der Waals surface area contributed by atoms with Crippen molar-refractivity contribution in [2.75, 3.05) is 13.1 Å².